The Kier molecular flexibility index (Phi) is 1.84. The average Bonchev–Trinajstić information content (AvgIpc) is 2.41. The molecule has 0 heterocycles. The van der Waals surface area contributed by atoms with Crippen LogP contribution in [0.2, 0.25) is 0 Å². The molecule has 0 N–H and O–H groups in total. The molecule has 0 saturated carbocycles. The molecule has 2 rings (SSSR count). The summed E-state index contributed by atoms with van der Waals surface area (Å²) < 4.78 is 0. The fourth-order valence-electron chi connectivity index (χ4n) is 2.11. The van der Waals surface area contributed by atoms with Gasteiger partial charge in [-0.3, -0.25) is 0 Å². The van der Waals surface area contributed by atoms with E-state index in [1.807, 2.05) is 0 Å². The van der Waals surface area contributed by atoms with E-state index in [2.05, 4.69) is 44.3 Å². The Morgan fingerprint density at radius 1 is 1.23 bits per heavy atom. The molecule has 0 nitrogen and oxygen atoms in total. The van der Waals surface area contributed by atoms with Gasteiger partial charge in [-0.2, -0.15) is 0 Å². The highest BCUT2D eigenvalue weighted by atomic mass is 14.3. The van der Waals surface area contributed by atoms with Crippen molar-refractivity contribution in [2.24, 2.45) is 0 Å². The summed E-state index contributed by atoms with van der Waals surface area (Å²) in [6, 6.07) is 8.48. The standard InChI is InChI=1S/C13H14/c1-4-11-9(2)10(3)12-7-5-6-8-13(11)12/h5-8,11H,2-4H2,1H3. The second kappa shape index (κ2) is 2.88. The molecule has 0 heteroatoms. The Balaban J connectivity index is 2.60. The number of hydrogen-bond donors (Lipinski definition) is 0. The maximum Gasteiger partial charge on any atom is 0.00929 e. The first-order valence-electron chi connectivity index (χ1n) is 4.73. The minimum Gasteiger partial charge on any atom is -0.0946 e. The SMILES string of the molecule is C=C1C(=C)C(CC)c2ccccc21. The smallest absolute Gasteiger partial charge is 0.00929 e. The van der Waals surface area contributed by atoms with E-state index < -0.39 is 0 Å². The van der Waals surface area contributed by atoms with Crippen LogP contribution in [0.4, 0.5) is 0 Å². The van der Waals surface area contributed by atoms with E-state index in [0.717, 1.165) is 12.0 Å². The Bertz CT molecular complexity index is 371. The van der Waals surface area contributed by atoms with E-state index in [9.17, 15) is 0 Å². The van der Waals surface area contributed by atoms with Crippen LogP contribution in [-0.4, -0.2) is 0 Å². The van der Waals surface area contributed by atoms with Crippen LogP contribution in [0.1, 0.15) is 30.4 Å². The molecular formula is C13H14. The molecule has 0 aromatic heterocycles. The van der Waals surface area contributed by atoms with Crippen LogP contribution < -0.4 is 0 Å². The number of hydrogen-bond acceptors (Lipinski definition) is 0. The van der Waals surface area contributed by atoms with E-state index >= 15 is 0 Å². The number of fused-ring (bicyclic) bond motifs is 1. The number of benzene rings is 1. The molecule has 0 spiro atoms. The van der Waals surface area contributed by atoms with Crippen molar-refractivity contribution in [3.8, 4) is 0 Å². The van der Waals surface area contributed by atoms with E-state index in [-0.39, 0.29) is 0 Å². The lowest BCUT2D eigenvalue weighted by molar-refractivity contribution is 0.800. The summed E-state index contributed by atoms with van der Waals surface area (Å²) in [6.07, 6.45) is 1.12. The molecule has 1 aromatic carbocycles. The molecule has 0 amide bonds. The van der Waals surface area contributed by atoms with E-state index in [1.165, 1.54) is 16.7 Å². The Morgan fingerprint density at radius 3 is 2.62 bits per heavy atom. The maximum atomic E-state index is 4.10. The molecule has 0 aliphatic heterocycles. The summed E-state index contributed by atoms with van der Waals surface area (Å²) in [5.41, 5.74) is 5.02. The van der Waals surface area contributed by atoms with Gasteiger partial charge >= 0.3 is 0 Å². The summed E-state index contributed by atoms with van der Waals surface area (Å²) in [6.45, 7) is 10.4. The summed E-state index contributed by atoms with van der Waals surface area (Å²) in [7, 11) is 0. The van der Waals surface area contributed by atoms with E-state index in [4.69, 9.17) is 0 Å². The highest BCUT2D eigenvalue weighted by molar-refractivity contribution is 5.85. The zero-order valence-corrected chi connectivity index (χ0v) is 8.01. The van der Waals surface area contributed by atoms with Gasteiger partial charge in [0.25, 0.3) is 0 Å². The predicted octanol–water partition coefficient (Wildman–Crippen LogP) is 3.76. The molecular weight excluding hydrogens is 156 g/mol. The van der Waals surface area contributed by atoms with Crippen LogP contribution in [0.25, 0.3) is 5.57 Å². The van der Waals surface area contributed by atoms with Crippen molar-refractivity contribution in [1.29, 1.82) is 0 Å². The third kappa shape index (κ3) is 1.06. The van der Waals surface area contributed by atoms with Crippen molar-refractivity contribution in [2.75, 3.05) is 0 Å². The molecule has 0 fully saturated rings. The van der Waals surface area contributed by atoms with Gasteiger partial charge in [-0.15, -0.1) is 0 Å². The lowest BCUT2D eigenvalue weighted by Crippen LogP contribution is -1.91. The van der Waals surface area contributed by atoms with Gasteiger partial charge in [0, 0.05) is 5.92 Å². The molecule has 1 atom stereocenters. The molecule has 1 aliphatic carbocycles. The summed E-state index contributed by atoms with van der Waals surface area (Å²) in [4.78, 5) is 0. The minimum atomic E-state index is 0.503. The molecule has 0 saturated heterocycles. The van der Waals surface area contributed by atoms with Crippen molar-refractivity contribution in [3.05, 3.63) is 54.1 Å². The Morgan fingerprint density at radius 2 is 1.92 bits per heavy atom. The number of allylic oxidation sites excluding steroid dienone is 2. The van der Waals surface area contributed by atoms with Crippen molar-refractivity contribution in [2.45, 2.75) is 19.3 Å². The topological polar surface area (TPSA) is 0 Å². The van der Waals surface area contributed by atoms with Gasteiger partial charge in [0.1, 0.15) is 0 Å². The zero-order chi connectivity index (χ0) is 9.42. The highest BCUT2D eigenvalue weighted by Crippen LogP contribution is 2.44. The van der Waals surface area contributed by atoms with Gasteiger partial charge in [0.2, 0.25) is 0 Å². The monoisotopic (exact) mass is 170 g/mol. The van der Waals surface area contributed by atoms with Gasteiger partial charge < -0.3 is 0 Å². The normalized spacial score (nSPS) is 20.5. The van der Waals surface area contributed by atoms with Crippen LogP contribution in [-0.2, 0) is 0 Å². The maximum absolute atomic E-state index is 4.10. The van der Waals surface area contributed by atoms with E-state index in [0.29, 0.717) is 5.92 Å². The quantitative estimate of drug-likeness (QED) is 0.602. The average molecular weight is 170 g/mol. The molecule has 66 valence electrons. The van der Waals surface area contributed by atoms with Crippen molar-refractivity contribution < 1.29 is 0 Å². The summed E-state index contributed by atoms with van der Waals surface area (Å²) in [5.74, 6) is 0.503. The zero-order valence-electron chi connectivity index (χ0n) is 8.01. The Labute approximate surface area is 79.6 Å². The molecule has 0 bridgehead atoms. The van der Waals surface area contributed by atoms with Crippen LogP contribution >= 0.6 is 0 Å². The summed E-state index contributed by atoms with van der Waals surface area (Å²) in [5, 5.41) is 0. The molecule has 1 aliphatic rings. The summed E-state index contributed by atoms with van der Waals surface area (Å²) >= 11 is 0. The van der Waals surface area contributed by atoms with Gasteiger partial charge in [0.15, 0.2) is 0 Å². The predicted molar refractivity (Wildman–Crippen MR) is 57.6 cm³/mol. The fourth-order valence-corrected chi connectivity index (χ4v) is 2.11. The highest BCUT2D eigenvalue weighted by Gasteiger charge is 2.26. The van der Waals surface area contributed by atoms with Crippen LogP contribution in [0.15, 0.2) is 43.0 Å². The molecule has 13 heavy (non-hydrogen) atoms. The third-order valence-electron chi connectivity index (χ3n) is 2.88. The first kappa shape index (κ1) is 8.31. The van der Waals surface area contributed by atoms with Crippen LogP contribution in [0, 0.1) is 0 Å². The lowest BCUT2D eigenvalue weighted by Gasteiger charge is -2.08. The largest absolute Gasteiger partial charge is 0.0946 e. The molecule has 1 aromatic rings. The van der Waals surface area contributed by atoms with Crippen LogP contribution in [0.3, 0.4) is 0 Å². The molecule has 1 unspecified atom stereocenters. The third-order valence-corrected chi connectivity index (χ3v) is 2.88. The number of rotatable bonds is 1. The first-order chi connectivity index (χ1) is 6.25. The first-order valence-corrected chi connectivity index (χ1v) is 4.73. The van der Waals surface area contributed by atoms with Crippen molar-refractivity contribution in [1.82, 2.24) is 0 Å². The Hall–Kier alpha value is -1.30. The molecule has 0 radical (unpaired) electrons. The van der Waals surface area contributed by atoms with Crippen molar-refractivity contribution >= 4 is 5.57 Å². The van der Waals surface area contributed by atoms with Gasteiger partial charge in [0.05, 0.1) is 0 Å². The fraction of sp³-hybridized carbons (Fsp3) is 0.231. The van der Waals surface area contributed by atoms with Crippen molar-refractivity contribution in [3.63, 3.8) is 0 Å². The lowest BCUT2D eigenvalue weighted by atomic mass is 9.96. The van der Waals surface area contributed by atoms with Gasteiger partial charge in [-0.25, -0.2) is 0 Å². The van der Waals surface area contributed by atoms with Gasteiger partial charge in [-0.1, -0.05) is 44.3 Å². The van der Waals surface area contributed by atoms with Crippen LogP contribution in [0.5, 0.6) is 0 Å². The van der Waals surface area contributed by atoms with E-state index in [1.54, 1.807) is 0 Å². The second-order valence-electron chi connectivity index (χ2n) is 3.55. The minimum absolute atomic E-state index is 0.503. The van der Waals surface area contributed by atoms with Gasteiger partial charge in [-0.05, 0) is 28.7 Å². The second-order valence-corrected chi connectivity index (χ2v) is 3.55.